The Morgan fingerprint density at radius 3 is 2.44 bits per heavy atom. The topological polar surface area (TPSA) is 24.6 Å². The van der Waals surface area contributed by atoms with Gasteiger partial charge in [-0.2, -0.15) is 0 Å². The zero-order valence-electron chi connectivity index (χ0n) is 9.39. The lowest BCUT2D eigenvalue weighted by molar-refractivity contribution is 0.111. The van der Waals surface area contributed by atoms with Crippen LogP contribution in [0.15, 0.2) is 24.3 Å². The van der Waals surface area contributed by atoms with Gasteiger partial charge in [-0.3, -0.25) is 0 Å². The molecule has 0 aliphatic heterocycles. The van der Waals surface area contributed by atoms with Gasteiger partial charge in [0.05, 0.1) is 12.7 Å². The lowest BCUT2D eigenvalue weighted by Gasteiger charge is -2.17. The van der Waals surface area contributed by atoms with Crippen molar-refractivity contribution in [2.75, 3.05) is 0 Å². The lowest BCUT2D eigenvalue weighted by atomic mass is 9.95. The van der Waals surface area contributed by atoms with Crippen molar-refractivity contribution in [2.24, 2.45) is 5.92 Å². The van der Waals surface area contributed by atoms with Crippen LogP contribution in [0.5, 0.6) is 0 Å². The van der Waals surface area contributed by atoms with Crippen LogP contribution in [0.2, 0.25) is 0 Å². The molecule has 1 aromatic rings. The molecule has 84 valence electrons. The van der Waals surface area contributed by atoms with Gasteiger partial charge in [0.2, 0.25) is 0 Å². The van der Waals surface area contributed by atoms with Crippen LogP contribution in [0.1, 0.15) is 31.2 Å². The van der Waals surface area contributed by atoms with Gasteiger partial charge >= 0.3 is 0 Å². The van der Waals surface area contributed by atoms with E-state index in [1.807, 2.05) is 24.3 Å². The average Bonchev–Trinajstić information content (AvgIpc) is 2.83. The van der Waals surface area contributed by atoms with Gasteiger partial charge in [0.1, 0.15) is 0 Å². The van der Waals surface area contributed by atoms with Crippen molar-refractivity contribution in [2.45, 2.75) is 38.2 Å². The number of rotatable bonds is 3. The molecule has 0 aromatic heterocycles. The molecule has 1 aliphatic rings. The zero-order chi connectivity index (χ0) is 11.4. The molecule has 1 aliphatic carbocycles. The molecule has 0 heterocycles. The third-order valence-electron chi connectivity index (χ3n) is 3.45. The summed E-state index contributed by atoms with van der Waals surface area (Å²) in [5, 5.41) is 10.1. The van der Waals surface area contributed by atoms with E-state index in [-0.39, 0.29) is 6.10 Å². The van der Waals surface area contributed by atoms with Crippen LogP contribution in [-0.2, 0) is 6.42 Å². The van der Waals surface area contributed by atoms with Gasteiger partial charge in [0.25, 0.3) is 0 Å². The molecule has 2 rings (SSSR count). The van der Waals surface area contributed by atoms with Crippen molar-refractivity contribution in [3.8, 4) is 0 Å². The highest BCUT2D eigenvalue weighted by Gasteiger charge is 2.22. The standard InChI is InChI=1S/C14H17NO/c1-15-13-8-6-11(7-9-13)10-14(16)12-4-2-3-5-12/h6-9,12,14,16H,2-5,10H2/t14-/m1/s1. The van der Waals surface area contributed by atoms with Gasteiger partial charge in [0, 0.05) is 0 Å². The van der Waals surface area contributed by atoms with Crippen molar-refractivity contribution in [3.05, 3.63) is 41.2 Å². The van der Waals surface area contributed by atoms with E-state index >= 15 is 0 Å². The molecule has 0 amide bonds. The monoisotopic (exact) mass is 215 g/mol. The quantitative estimate of drug-likeness (QED) is 0.768. The maximum Gasteiger partial charge on any atom is 0.187 e. The van der Waals surface area contributed by atoms with Crippen LogP contribution in [0.3, 0.4) is 0 Å². The fourth-order valence-corrected chi connectivity index (χ4v) is 2.46. The minimum atomic E-state index is -0.207. The summed E-state index contributed by atoms with van der Waals surface area (Å²) in [6, 6.07) is 7.55. The fraction of sp³-hybridized carbons (Fsp3) is 0.500. The molecule has 0 saturated heterocycles. The number of aliphatic hydroxyl groups is 1. The van der Waals surface area contributed by atoms with Gasteiger partial charge in [0.15, 0.2) is 5.69 Å². The van der Waals surface area contributed by atoms with Crippen LogP contribution in [0, 0.1) is 12.5 Å². The van der Waals surface area contributed by atoms with Crippen molar-refractivity contribution in [3.63, 3.8) is 0 Å². The highest BCUT2D eigenvalue weighted by atomic mass is 16.3. The number of nitrogens with zero attached hydrogens (tertiary/aromatic N) is 1. The van der Waals surface area contributed by atoms with Crippen LogP contribution >= 0.6 is 0 Å². The predicted molar refractivity (Wildman–Crippen MR) is 64.4 cm³/mol. The molecule has 1 aromatic carbocycles. The molecule has 2 heteroatoms. The fourth-order valence-electron chi connectivity index (χ4n) is 2.46. The normalized spacial score (nSPS) is 18.2. The highest BCUT2D eigenvalue weighted by Crippen LogP contribution is 2.29. The summed E-state index contributed by atoms with van der Waals surface area (Å²) in [5.74, 6) is 0.487. The number of benzene rings is 1. The van der Waals surface area contributed by atoms with E-state index in [1.54, 1.807) is 0 Å². The van der Waals surface area contributed by atoms with E-state index in [1.165, 1.54) is 25.7 Å². The van der Waals surface area contributed by atoms with Gasteiger partial charge in [-0.15, -0.1) is 0 Å². The molecule has 0 bridgehead atoms. The first-order valence-corrected chi connectivity index (χ1v) is 5.94. The minimum absolute atomic E-state index is 0.207. The van der Waals surface area contributed by atoms with E-state index in [0.29, 0.717) is 11.6 Å². The number of hydrogen-bond acceptors (Lipinski definition) is 1. The molecule has 1 atom stereocenters. The zero-order valence-corrected chi connectivity index (χ0v) is 9.39. The first-order chi connectivity index (χ1) is 7.79. The molecular formula is C14H17NO. The molecule has 0 unspecified atom stereocenters. The van der Waals surface area contributed by atoms with Gasteiger partial charge < -0.3 is 5.11 Å². The summed E-state index contributed by atoms with van der Waals surface area (Å²) >= 11 is 0. The lowest BCUT2D eigenvalue weighted by Crippen LogP contribution is -2.20. The average molecular weight is 215 g/mol. The first kappa shape index (κ1) is 11.2. The summed E-state index contributed by atoms with van der Waals surface area (Å²) in [6.45, 7) is 6.87. The second-order valence-electron chi connectivity index (χ2n) is 4.59. The summed E-state index contributed by atoms with van der Waals surface area (Å²) < 4.78 is 0. The first-order valence-electron chi connectivity index (χ1n) is 5.94. The molecule has 0 radical (unpaired) electrons. The van der Waals surface area contributed by atoms with Crippen molar-refractivity contribution in [1.29, 1.82) is 0 Å². The van der Waals surface area contributed by atoms with Crippen LogP contribution in [-0.4, -0.2) is 11.2 Å². The molecule has 16 heavy (non-hydrogen) atoms. The van der Waals surface area contributed by atoms with Crippen molar-refractivity contribution in [1.82, 2.24) is 0 Å². The van der Waals surface area contributed by atoms with E-state index in [2.05, 4.69) is 4.85 Å². The second kappa shape index (κ2) is 5.14. The third-order valence-corrected chi connectivity index (χ3v) is 3.45. The Kier molecular flexibility index (Phi) is 3.58. The summed E-state index contributed by atoms with van der Waals surface area (Å²) in [5.41, 5.74) is 1.80. The Balaban J connectivity index is 1.95. The van der Waals surface area contributed by atoms with Crippen molar-refractivity contribution < 1.29 is 5.11 Å². The number of hydrogen-bond donors (Lipinski definition) is 1. The molecule has 1 fully saturated rings. The largest absolute Gasteiger partial charge is 0.392 e. The third kappa shape index (κ3) is 2.62. The SMILES string of the molecule is [C-]#[N+]c1ccc(C[C@@H](O)C2CCCC2)cc1. The molecule has 1 saturated carbocycles. The summed E-state index contributed by atoms with van der Waals surface area (Å²) in [4.78, 5) is 3.36. The molecule has 2 nitrogen and oxygen atoms in total. The van der Waals surface area contributed by atoms with E-state index in [9.17, 15) is 5.11 Å². The van der Waals surface area contributed by atoms with Crippen LogP contribution in [0.4, 0.5) is 5.69 Å². The smallest absolute Gasteiger partial charge is 0.187 e. The Hall–Kier alpha value is -1.33. The van der Waals surface area contributed by atoms with Gasteiger partial charge in [-0.25, -0.2) is 4.85 Å². The maximum absolute atomic E-state index is 10.1. The second-order valence-corrected chi connectivity index (χ2v) is 4.59. The van der Waals surface area contributed by atoms with Gasteiger partial charge in [-0.1, -0.05) is 37.1 Å². The van der Waals surface area contributed by atoms with E-state index in [0.717, 1.165) is 12.0 Å². The Morgan fingerprint density at radius 1 is 1.25 bits per heavy atom. The Labute approximate surface area is 96.7 Å². The number of aliphatic hydroxyl groups excluding tert-OH is 1. The maximum atomic E-state index is 10.1. The van der Waals surface area contributed by atoms with Gasteiger partial charge in [-0.05, 0) is 30.7 Å². The van der Waals surface area contributed by atoms with Crippen LogP contribution < -0.4 is 0 Å². The minimum Gasteiger partial charge on any atom is -0.392 e. The van der Waals surface area contributed by atoms with Crippen LogP contribution in [0.25, 0.3) is 4.85 Å². The summed E-state index contributed by atoms with van der Waals surface area (Å²) in [6.07, 6.45) is 5.38. The molecule has 0 spiro atoms. The molecule has 1 N–H and O–H groups in total. The van der Waals surface area contributed by atoms with E-state index in [4.69, 9.17) is 6.57 Å². The van der Waals surface area contributed by atoms with E-state index < -0.39 is 0 Å². The van der Waals surface area contributed by atoms with Crippen molar-refractivity contribution >= 4 is 5.69 Å². The Bertz CT molecular complexity index is 371. The predicted octanol–water partition coefficient (Wildman–Crippen LogP) is 3.33. The summed E-state index contributed by atoms with van der Waals surface area (Å²) in [7, 11) is 0. The molecular weight excluding hydrogens is 198 g/mol. The Morgan fingerprint density at radius 2 is 1.88 bits per heavy atom. The highest BCUT2D eigenvalue weighted by molar-refractivity contribution is 5.45.